The molecule has 0 unspecified atom stereocenters. The Morgan fingerprint density at radius 1 is 0.857 bits per heavy atom. The molecule has 0 aromatic rings. The van der Waals surface area contributed by atoms with Crippen LogP contribution in [0.4, 0.5) is 0 Å². The van der Waals surface area contributed by atoms with E-state index in [4.69, 9.17) is 0 Å². The fraction of sp³-hybridized carbons (Fsp3) is 0.833. The van der Waals surface area contributed by atoms with Crippen LogP contribution >= 0.6 is 0 Å². The SMILES string of the molecule is C[C@](C#N)(C1CC1)[C@](C)(C#N)C1CC1. The predicted molar refractivity (Wildman–Crippen MR) is 52.9 cm³/mol. The van der Waals surface area contributed by atoms with Crippen LogP contribution < -0.4 is 0 Å². The van der Waals surface area contributed by atoms with E-state index in [1.807, 2.05) is 13.8 Å². The van der Waals surface area contributed by atoms with Crippen molar-refractivity contribution in [1.29, 1.82) is 10.5 Å². The van der Waals surface area contributed by atoms with Gasteiger partial charge in [0.05, 0.1) is 23.0 Å². The lowest BCUT2D eigenvalue weighted by molar-refractivity contribution is 0.140. The summed E-state index contributed by atoms with van der Waals surface area (Å²) in [7, 11) is 0. The van der Waals surface area contributed by atoms with Crippen molar-refractivity contribution in [2.75, 3.05) is 0 Å². The van der Waals surface area contributed by atoms with Gasteiger partial charge in [-0.15, -0.1) is 0 Å². The van der Waals surface area contributed by atoms with Gasteiger partial charge in [-0.25, -0.2) is 0 Å². The zero-order valence-corrected chi connectivity index (χ0v) is 8.88. The van der Waals surface area contributed by atoms with E-state index in [0.29, 0.717) is 11.8 Å². The highest BCUT2D eigenvalue weighted by molar-refractivity contribution is 5.23. The van der Waals surface area contributed by atoms with E-state index in [2.05, 4.69) is 12.1 Å². The first-order valence-electron chi connectivity index (χ1n) is 5.41. The highest BCUT2D eigenvalue weighted by Gasteiger charge is 2.60. The standard InChI is InChI=1S/C12H16N2/c1-11(7-13,9-3-4-9)12(2,8-14)10-5-6-10/h9-10H,3-6H2,1-2H3/t11-,12+. The Bertz CT molecular complexity index is 293. The molecule has 74 valence electrons. The first kappa shape index (κ1) is 9.53. The van der Waals surface area contributed by atoms with Crippen LogP contribution in [0.25, 0.3) is 0 Å². The molecule has 2 rings (SSSR count). The van der Waals surface area contributed by atoms with Crippen LogP contribution in [-0.4, -0.2) is 0 Å². The van der Waals surface area contributed by atoms with Crippen LogP contribution in [0.3, 0.4) is 0 Å². The summed E-state index contributed by atoms with van der Waals surface area (Å²) in [4.78, 5) is 0. The normalized spacial score (nSPS) is 29.4. The van der Waals surface area contributed by atoms with Crippen molar-refractivity contribution in [3.8, 4) is 12.1 Å². The fourth-order valence-corrected chi connectivity index (χ4v) is 2.58. The third-order valence-corrected chi connectivity index (χ3v) is 4.33. The Morgan fingerprint density at radius 3 is 1.29 bits per heavy atom. The summed E-state index contributed by atoms with van der Waals surface area (Å²) in [5, 5.41) is 18.7. The minimum absolute atomic E-state index is 0.414. The lowest BCUT2D eigenvalue weighted by atomic mass is 9.61. The van der Waals surface area contributed by atoms with Gasteiger partial charge >= 0.3 is 0 Å². The summed E-state index contributed by atoms with van der Waals surface area (Å²) in [5.74, 6) is 0.940. The van der Waals surface area contributed by atoms with Crippen molar-refractivity contribution < 1.29 is 0 Å². The minimum Gasteiger partial charge on any atom is -0.198 e. The zero-order chi connectivity index (χ0) is 10.4. The Hall–Kier alpha value is -1.02. The summed E-state index contributed by atoms with van der Waals surface area (Å²) in [6.07, 6.45) is 4.53. The molecule has 0 radical (unpaired) electrons. The van der Waals surface area contributed by atoms with E-state index in [1.165, 1.54) is 0 Å². The predicted octanol–water partition coefficient (Wildman–Crippen LogP) is 2.87. The first-order chi connectivity index (χ1) is 6.58. The van der Waals surface area contributed by atoms with Crippen LogP contribution in [0, 0.1) is 45.3 Å². The molecule has 2 aliphatic rings. The van der Waals surface area contributed by atoms with Gasteiger partial charge in [-0.1, -0.05) is 0 Å². The molecule has 2 atom stereocenters. The molecule has 0 bridgehead atoms. The van der Waals surface area contributed by atoms with Crippen LogP contribution in [0.2, 0.25) is 0 Å². The maximum Gasteiger partial charge on any atom is 0.0759 e. The quantitative estimate of drug-likeness (QED) is 0.683. The second kappa shape index (κ2) is 2.74. The van der Waals surface area contributed by atoms with Crippen molar-refractivity contribution in [2.24, 2.45) is 22.7 Å². The van der Waals surface area contributed by atoms with Crippen molar-refractivity contribution >= 4 is 0 Å². The van der Waals surface area contributed by atoms with Crippen LogP contribution in [0.5, 0.6) is 0 Å². The molecule has 0 aromatic heterocycles. The molecule has 0 spiro atoms. The van der Waals surface area contributed by atoms with Gasteiger partial charge in [-0.3, -0.25) is 0 Å². The van der Waals surface area contributed by atoms with E-state index >= 15 is 0 Å². The molecule has 14 heavy (non-hydrogen) atoms. The molecule has 2 fully saturated rings. The van der Waals surface area contributed by atoms with E-state index in [9.17, 15) is 10.5 Å². The largest absolute Gasteiger partial charge is 0.198 e. The Labute approximate surface area is 85.5 Å². The summed E-state index contributed by atoms with van der Waals surface area (Å²) in [6.45, 7) is 3.98. The molecular weight excluding hydrogens is 172 g/mol. The molecule has 2 nitrogen and oxygen atoms in total. The van der Waals surface area contributed by atoms with Gasteiger partial charge in [0.2, 0.25) is 0 Å². The molecular formula is C12H16N2. The van der Waals surface area contributed by atoms with Gasteiger partial charge in [-0.2, -0.15) is 10.5 Å². The fourth-order valence-electron chi connectivity index (χ4n) is 2.58. The van der Waals surface area contributed by atoms with E-state index < -0.39 is 10.8 Å². The Balaban J connectivity index is 2.33. The summed E-state index contributed by atoms with van der Waals surface area (Å²) in [6, 6.07) is 4.86. The van der Waals surface area contributed by atoms with E-state index in [-0.39, 0.29) is 0 Å². The van der Waals surface area contributed by atoms with Crippen molar-refractivity contribution in [1.82, 2.24) is 0 Å². The Kier molecular flexibility index (Phi) is 1.86. The summed E-state index contributed by atoms with van der Waals surface area (Å²) in [5.41, 5.74) is -0.828. The number of rotatable bonds is 3. The second-order valence-electron chi connectivity index (χ2n) is 5.18. The highest BCUT2D eigenvalue weighted by atomic mass is 14.6. The average molecular weight is 188 g/mol. The Morgan fingerprint density at radius 2 is 1.14 bits per heavy atom. The molecule has 2 heteroatoms. The molecule has 0 amide bonds. The first-order valence-corrected chi connectivity index (χ1v) is 5.41. The third kappa shape index (κ3) is 1.07. The maximum atomic E-state index is 9.34. The van der Waals surface area contributed by atoms with Gasteiger partial charge in [0.25, 0.3) is 0 Å². The van der Waals surface area contributed by atoms with Crippen LogP contribution in [0.1, 0.15) is 39.5 Å². The molecule has 2 saturated carbocycles. The van der Waals surface area contributed by atoms with E-state index in [0.717, 1.165) is 25.7 Å². The van der Waals surface area contributed by atoms with Crippen LogP contribution in [0.15, 0.2) is 0 Å². The minimum atomic E-state index is -0.414. The third-order valence-electron chi connectivity index (χ3n) is 4.33. The van der Waals surface area contributed by atoms with Gasteiger partial charge in [-0.05, 0) is 51.4 Å². The number of hydrogen-bond acceptors (Lipinski definition) is 2. The van der Waals surface area contributed by atoms with Gasteiger partial charge in [0.15, 0.2) is 0 Å². The van der Waals surface area contributed by atoms with Gasteiger partial charge in [0, 0.05) is 0 Å². The second-order valence-corrected chi connectivity index (χ2v) is 5.18. The maximum absolute atomic E-state index is 9.34. The zero-order valence-electron chi connectivity index (χ0n) is 8.88. The topological polar surface area (TPSA) is 47.6 Å². The molecule has 0 aromatic carbocycles. The molecule has 0 N–H and O–H groups in total. The number of nitriles is 2. The molecule has 2 aliphatic carbocycles. The van der Waals surface area contributed by atoms with Gasteiger partial charge < -0.3 is 0 Å². The average Bonchev–Trinajstić information content (AvgIpc) is 3.06. The molecule has 0 heterocycles. The lowest BCUT2D eigenvalue weighted by Gasteiger charge is -2.37. The summed E-state index contributed by atoms with van der Waals surface area (Å²) < 4.78 is 0. The van der Waals surface area contributed by atoms with Crippen molar-refractivity contribution in [2.45, 2.75) is 39.5 Å². The molecule has 0 aliphatic heterocycles. The van der Waals surface area contributed by atoms with Crippen molar-refractivity contribution in [3.05, 3.63) is 0 Å². The number of nitrogens with zero attached hydrogens (tertiary/aromatic N) is 2. The number of hydrogen-bond donors (Lipinski definition) is 0. The van der Waals surface area contributed by atoms with E-state index in [1.54, 1.807) is 0 Å². The van der Waals surface area contributed by atoms with Crippen LogP contribution in [-0.2, 0) is 0 Å². The van der Waals surface area contributed by atoms with Crippen molar-refractivity contribution in [3.63, 3.8) is 0 Å². The monoisotopic (exact) mass is 188 g/mol. The smallest absolute Gasteiger partial charge is 0.0759 e. The highest BCUT2D eigenvalue weighted by Crippen LogP contribution is 2.62. The molecule has 0 saturated heterocycles. The lowest BCUT2D eigenvalue weighted by Crippen LogP contribution is -2.39. The van der Waals surface area contributed by atoms with Gasteiger partial charge in [0.1, 0.15) is 0 Å². The summed E-state index contributed by atoms with van der Waals surface area (Å²) >= 11 is 0.